The number of amides is 2. The van der Waals surface area contributed by atoms with Gasteiger partial charge in [0, 0.05) is 26.3 Å². The quantitative estimate of drug-likeness (QED) is 0.497. The predicted octanol–water partition coefficient (Wildman–Crippen LogP) is 0.572. The second-order valence-electron chi connectivity index (χ2n) is 6.54. The monoisotopic (exact) mass is 385 g/mol. The number of nitrogens with two attached hydrogens (primary N) is 1. The average molecular weight is 385 g/mol. The molecular formula is C19H27N7O2. The molecule has 0 unspecified atom stereocenters. The molecule has 2 rings (SSSR count). The summed E-state index contributed by atoms with van der Waals surface area (Å²) in [5.41, 5.74) is 7.97. The zero-order valence-corrected chi connectivity index (χ0v) is 16.7. The smallest absolute Gasteiger partial charge is 0.271 e. The Kier molecular flexibility index (Phi) is 7.28. The predicted molar refractivity (Wildman–Crippen MR) is 110 cm³/mol. The minimum Gasteiger partial charge on any atom is -0.364 e. The van der Waals surface area contributed by atoms with Crippen LogP contribution in [0.2, 0.25) is 0 Å². The van der Waals surface area contributed by atoms with Crippen molar-refractivity contribution in [2.75, 3.05) is 44.4 Å². The Labute approximate surface area is 164 Å². The molecule has 1 heterocycles. The number of nitrogens with zero attached hydrogens (tertiary/aromatic N) is 3. The van der Waals surface area contributed by atoms with Crippen LogP contribution in [0, 0.1) is 6.92 Å². The van der Waals surface area contributed by atoms with Crippen LogP contribution in [0.25, 0.3) is 0 Å². The number of hydrogen-bond donors (Lipinski definition) is 4. The van der Waals surface area contributed by atoms with Gasteiger partial charge in [-0.1, -0.05) is 12.1 Å². The normalized spacial score (nSPS) is 10.4. The Bertz CT molecular complexity index is 852. The second-order valence-corrected chi connectivity index (χ2v) is 6.54. The van der Waals surface area contributed by atoms with Crippen LogP contribution in [0.15, 0.2) is 24.3 Å². The fourth-order valence-corrected chi connectivity index (χ4v) is 2.70. The number of likely N-dealkylation sites (N-methyl/N-ethyl adjacent to an activating group) is 1. The number of carbonyl (C=O) groups excluding carboxylic acids is 2. The molecule has 0 atom stereocenters. The largest absolute Gasteiger partial charge is 0.364 e. The fraction of sp³-hybridized carbons (Fsp3) is 0.368. The number of aromatic nitrogens is 2. The average Bonchev–Trinajstić information content (AvgIpc) is 2.63. The molecule has 1 aromatic heterocycles. The van der Waals surface area contributed by atoms with Crippen LogP contribution in [-0.2, 0) is 11.2 Å². The second kappa shape index (κ2) is 9.65. The van der Waals surface area contributed by atoms with Crippen LogP contribution < -0.4 is 26.6 Å². The molecule has 9 heteroatoms. The molecule has 0 aliphatic carbocycles. The van der Waals surface area contributed by atoms with E-state index in [1.54, 1.807) is 14.0 Å². The van der Waals surface area contributed by atoms with Gasteiger partial charge in [-0.3, -0.25) is 9.59 Å². The zero-order chi connectivity index (χ0) is 20.7. The summed E-state index contributed by atoms with van der Waals surface area (Å²) in [4.78, 5) is 33.9. The molecule has 0 radical (unpaired) electrons. The minimum atomic E-state index is -0.646. The fourth-order valence-electron chi connectivity index (χ4n) is 2.70. The summed E-state index contributed by atoms with van der Waals surface area (Å²) in [7, 11) is 5.44. The van der Waals surface area contributed by atoms with Crippen LogP contribution in [0.1, 0.15) is 21.7 Å². The lowest BCUT2D eigenvalue weighted by Gasteiger charge is -2.17. The van der Waals surface area contributed by atoms with Crippen LogP contribution in [0.3, 0.4) is 0 Å². The van der Waals surface area contributed by atoms with Gasteiger partial charge in [0.15, 0.2) is 17.3 Å². The maximum absolute atomic E-state index is 11.8. The van der Waals surface area contributed by atoms with Gasteiger partial charge >= 0.3 is 0 Å². The van der Waals surface area contributed by atoms with Crippen molar-refractivity contribution in [3.63, 3.8) is 0 Å². The van der Waals surface area contributed by atoms with Crippen molar-refractivity contribution in [1.82, 2.24) is 20.6 Å². The van der Waals surface area contributed by atoms with E-state index in [4.69, 9.17) is 5.73 Å². The van der Waals surface area contributed by atoms with Crippen LogP contribution in [0.5, 0.6) is 0 Å². The first kappa shape index (κ1) is 21.1. The maximum Gasteiger partial charge on any atom is 0.271 e. The zero-order valence-electron chi connectivity index (χ0n) is 16.7. The van der Waals surface area contributed by atoms with Gasteiger partial charge in [0.25, 0.3) is 5.91 Å². The lowest BCUT2D eigenvalue weighted by molar-refractivity contribution is -0.120. The summed E-state index contributed by atoms with van der Waals surface area (Å²) in [5, 5.41) is 8.79. The highest BCUT2D eigenvalue weighted by molar-refractivity contribution is 5.96. The van der Waals surface area contributed by atoms with E-state index in [0.29, 0.717) is 30.3 Å². The maximum atomic E-state index is 11.8. The third-order valence-electron chi connectivity index (χ3n) is 3.97. The van der Waals surface area contributed by atoms with Gasteiger partial charge in [-0.2, -0.15) is 0 Å². The molecule has 2 amide bonds. The molecule has 5 N–H and O–H groups in total. The number of carbonyl (C=O) groups is 2. The van der Waals surface area contributed by atoms with Crippen LogP contribution >= 0.6 is 0 Å². The number of hydrogen-bond acceptors (Lipinski definition) is 7. The minimum absolute atomic E-state index is 0.0472. The number of aryl methyl sites for hydroxylation is 1. The molecule has 0 spiro atoms. The van der Waals surface area contributed by atoms with Crippen molar-refractivity contribution in [1.29, 1.82) is 0 Å². The molecule has 150 valence electrons. The lowest BCUT2D eigenvalue weighted by Crippen LogP contribution is -2.33. The Morgan fingerprint density at radius 3 is 2.61 bits per heavy atom. The topological polar surface area (TPSA) is 125 Å². The van der Waals surface area contributed by atoms with E-state index in [9.17, 15) is 9.59 Å². The molecule has 0 aliphatic heterocycles. The van der Waals surface area contributed by atoms with Gasteiger partial charge in [0.1, 0.15) is 0 Å². The first-order chi connectivity index (χ1) is 13.3. The van der Waals surface area contributed by atoms with Crippen molar-refractivity contribution in [2.45, 2.75) is 13.3 Å². The Balaban J connectivity index is 2.18. The molecule has 0 saturated carbocycles. The van der Waals surface area contributed by atoms with E-state index in [2.05, 4.69) is 25.9 Å². The van der Waals surface area contributed by atoms with Crippen molar-refractivity contribution < 1.29 is 9.59 Å². The number of nitrogens with one attached hydrogen (secondary N) is 3. The SMILES string of the molecule is CNCC(=O)NCCc1cccc(Nc2nc(N(C)C)c(C)nc2C(N)=O)c1. The van der Waals surface area contributed by atoms with Gasteiger partial charge in [-0.05, 0) is 38.1 Å². The number of primary amides is 1. The molecule has 1 aromatic carbocycles. The van der Waals surface area contributed by atoms with E-state index < -0.39 is 5.91 Å². The molecule has 2 aromatic rings. The molecule has 0 aliphatic rings. The van der Waals surface area contributed by atoms with Gasteiger partial charge in [-0.15, -0.1) is 0 Å². The Morgan fingerprint density at radius 2 is 1.96 bits per heavy atom. The third kappa shape index (κ3) is 5.65. The lowest BCUT2D eigenvalue weighted by atomic mass is 10.1. The molecule has 0 bridgehead atoms. The highest BCUT2D eigenvalue weighted by Crippen LogP contribution is 2.23. The van der Waals surface area contributed by atoms with Gasteiger partial charge in [0.05, 0.1) is 12.2 Å². The van der Waals surface area contributed by atoms with Gasteiger partial charge in [0.2, 0.25) is 5.91 Å². The molecule has 0 saturated heterocycles. The first-order valence-corrected chi connectivity index (χ1v) is 8.94. The molecular weight excluding hydrogens is 358 g/mol. The van der Waals surface area contributed by atoms with Crippen molar-refractivity contribution in [3.05, 3.63) is 41.2 Å². The highest BCUT2D eigenvalue weighted by Gasteiger charge is 2.17. The van der Waals surface area contributed by atoms with Crippen LogP contribution in [0.4, 0.5) is 17.3 Å². The van der Waals surface area contributed by atoms with E-state index in [0.717, 1.165) is 11.3 Å². The number of rotatable bonds is 9. The van der Waals surface area contributed by atoms with Crippen molar-refractivity contribution in [3.8, 4) is 0 Å². The standard InChI is InChI=1S/C19H27N7O2/c1-12-19(26(3)4)25-18(16(23-12)17(20)28)24-14-7-5-6-13(10-14)8-9-22-15(27)11-21-2/h5-7,10,21H,8-9,11H2,1-4H3,(H2,20,28)(H,22,27)(H,24,25). The van der Waals surface area contributed by atoms with Crippen molar-refractivity contribution >= 4 is 29.1 Å². The summed E-state index contributed by atoms with van der Waals surface area (Å²) in [6.45, 7) is 2.60. The first-order valence-electron chi connectivity index (χ1n) is 8.94. The third-order valence-corrected chi connectivity index (χ3v) is 3.97. The van der Waals surface area contributed by atoms with E-state index >= 15 is 0 Å². The summed E-state index contributed by atoms with van der Waals surface area (Å²) in [6, 6.07) is 7.67. The highest BCUT2D eigenvalue weighted by atomic mass is 16.2. The van der Waals surface area contributed by atoms with E-state index in [1.165, 1.54) is 0 Å². The summed E-state index contributed by atoms with van der Waals surface area (Å²) in [5.74, 6) is 0.262. The van der Waals surface area contributed by atoms with E-state index in [-0.39, 0.29) is 18.1 Å². The summed E-state index contributed by atoms with van der Waals surface area (Å²) in [6.07, 6.45) is 0.677. The van der Waals surface area contributed by atoms with Crippen LogP contribution in [-0.4, -0.2) is 56.0 Å². The van der Waals surface area contributed by atoms with Gasteiger partial charge < -0.3 is 26.6 Å². The molecule has 0 fully saturated rings. The Morgan fingerprint density at radius 1 is 1.21 bits per heavy atom. The summed E-state index contributed by atoms with van der Waals surface area (Å²) < 4.78 is 0. The molecule has 28 heavy (non-hydrogen) atoms. The van der Waals surface area contributed by atoms with Crippen molar-refractivity contribution in [2.24, 2.45) is 5.73 Å². The summed E-state index contributed by atoms with van der Waals surface area (Å²) >= 11 is 0. The number of benzene rings is 1. The Hall–Kier alpha value is -3.20. The van der Waals surface area contributed by atoms with Gasteiger partial charge in [-0.25, -0.2) is 9.97 Å². The molecule has 9 nitrogen and oxygen atoms in total. The number of anilines is 3. The van der Waals surface area contributed by atoms with E-state index in [1.807, 2.05) is 43.3 Å².